The van der Waals surface area contributed by atoms with Crippen LogP contribution in [-0.4, -0.2) is 22.8 Å². The molecule has 1 heterocycles. The van der Waals surface area contributed by atoms with Crippen LogP contribution < -0.4 is 10.5 Å². The first-order valence-corrected chi connectivity index (χ1v) is 7.10. The fraction of sp³-hybridized carbons (Fsp3) is 0.231. The number of thiazole rings is 1. The van der Waals surface area contributed by atoms with E-state index < -0.39 is 0 Å². The van der Waals surface area contributed by atoms with Crippen LogP contribution in [0.4, 0.5) is 16.5 Å². The van der Waals surface area contributed by atoms with Crippen molar-refractivity contribution < 1.29 is 14.7 Å². The Labute approximate surface area is 125 Å². The highest BCUT2D eigenvalue weighted by atomic mass is 32.1. The Bertz CT molecular complexity index is 615. The lowest BCUT2D eigenvalue weighted by Crippen LogP contribution is -2.09. The molecule has 0 amide bonds. The third-order valence-corrected chi connectivity index (χ3v) is 3.34. The molecule has 8 heteroatoms. The molecule has 1 aromatic heterocycles. The smallest absolute Gasteiger partial charge is 0.311 e. The van der Waals surface area contributed by atoms with Crippen molar-refractivity contribution in [3.8, 4) is 0 Å². The van der Waals surface area contributed by atoms with Gasteiger partial charge in [0.2, 0.25) is 0 Å². The Hall–Kier alpha value is -2.16. The van der Waals surface area contributed by atoms with Crippen LogP contribution in [0, 0.1) is 5.21 Å². The van der Waals surface area contributed by atoms with E-state index in [-0.39, 0.29) is 23.3 Å². The summed E-state index contributed by atoms with van der Waals surface area (Å²) < 4.78 is 4.85. The van der Waals surface area contributed by atoms with Crippen LogP contribution in [0.3, 0.4) is 0 Å². The molecule has 0 unspecified atom stereocenters. The van der Waals surface area contributed by atoms with E-state index in [4.69, 9.17) is 9.94 Å². The predicted molar refractivity (Wildman–Crippen MR) is 79.8 cm³/mol. The first-order valence-electron chi connectivity index (χ1n) is 6.22. The topological polar surface area (TPSA) is 97.8 Å². The summed E-state index contributed by atoms with van der Waals surface area (Å²) in [7, 11) is 0. The summed E-state index contributed by atoms with van der Waals surface area (Å²) in [6.45, 7) is 2.07. The summed E-state index contributed by atoms with van der Waals surface area (Å²) in [6, 6.07) is 6.48. The van der Waals surface area contributed by atoms with Crippen molar-refractivity contribution in [2.24, 2.45) is 0 Å². The first-order chi connectivity index (χ1) is 10.1. The number of esters is 1. The van der Waals surface area contributed by atoms with Gasteiger partial charge in [0, 0.05) is 5.38 Å². The minimum absolute atomic E-state index is 0.0830. The van der Waals surface area contributed by atoms with E-state index in [0.717, 1.165) is 0 Å². The van der Waals surface area contributed by atoms with E-state index in [0.29, 0.717) is 23.1 Å². The van der Waals surface area contributed by atoms with Crippen LogP contribution in [0.15, 0.2) is 29.6 Å². The molecule has 0 saturated heterocycles. The molecule has 0 aliphatic carbocycles. The molecule has 112 valence electrons. The number of hydrogen-bond donors (Lipinski definition) is 2. The zero-order valence-electron chi connectivity index (χ0n) is 11.3. The Balaban J connectivity index is 2.08. The second-order valence-electron chi connectivity index (χ2n) is 4.04. The number of para-hydroxylation sites is 2. The average Bonchev–Trinajstić information content (AvgIpc) is 2.86. The van der Waals surface area contributed by atoms with Crippen LogP contribution in [-0.2, 0) is 16.0 Å². The molecule has 0 spiro atoms. The maximum atomic E-state index is 11.4. The van der Waals surface area contributed by atoms with Crippen LogP contribution in [0.25, 0.3) is 0 Å². The van der Waals surface area contributed by atoms with Gasteiger partial charge in [-0.1, -0.05) is 12.1 Å². The van der Waals surface area contributed by atoms with E-state index in [9.17, 15) is 10.0 Å². The first kappa shape index (κ1) is 15.2. The standard InChI is InChI=1S/C13H14N3O4S/c1-2-20-12(17)7-9-8-21-13(14-9)15-10-5-3-4-6-11(10)16(18)19/h3-6,8,18H,2,7H2,1H3,(H,14,15)/q-1. The van der Waals surface area contributed by atoms with Crippen molar-refractivity contribution in [3.05, 3.63) is 40.5 Å². The molecule has 0 aliphatic heterocycles. The van der Waals surface area contributed by atoms with Gasteiger partial charge < -0.3 is 20.5 Å². The highest BCUT2D eigenvalue weighted by Crippen LogP contribution is 2.28. The third-order valence-electron chi connectivity index (χ3n) is 2.53. The zero-order valence-corrected chi connectivity index (χ0v) is 12.1. The molecule has 0 aliphatic rings. The van der Waals surface area contributed by atoms with Gasteiger partial charge in [0.15, 0.2) is 5.13 Å². The second kappa shape index (κ2) is 7.02. The number of benzene rings is 1. The summed E-state index contributed by atoms with van der Waals surface area (Å²) >= 11 is 1.29. The lowest BCUT2D eigenvalue weighted by atomic mass is 10.3. The Morgan fingerprint density at radius 3 is 3.00 bits per heavy atom. The van der Waals surface area contributed by atoms with E-state index >= 15 is 0 Å². The number of ether oxygens (including phenoxy) is 1. The maximum absolute atomic E-state index is 11.4. The van der Waals surface area contributed by atoms with Gasteiger partial charge in [-0.3, -0.25) is 10.0 Å². The van der Waals surface area contributed by atoms with Crippen LogP contribution >= 0.6 is 11.3 Å². The molecule has 1 aromatic carbocycles. The van der Waals surface area contributed by atoms with Gasteiger partial charge in [-0.15, -0.1) is 11.3 Å². The zero-order chi connectivity index (χ0) is 15.2. The van der Waals surface area contributed by atoms with E-state index in [1.165, 1.54) is 17.4 Å². The van der Waals surface area contributed by atoms with Gasteiger partial charge >= 0.3 is 5.97 Å². The van der Waals surface area contributed by atoms with E-state index in [1.807, 2.05) is 0 Å². The second-order valence-corrected chi connectivity index (χ2v) is 4.90. The van der Waals surface area contributed by atoms with Gasteiger partial charge in [-0.2, -0.15) is 0 Å². The van der Waals surface area contributed by atoms with Gasteiger partial charge in [0.25, 0.3) is 0 Å². The molecule has 0 fully saturated rings. The number of hydrogen-bond acceptors (Lipinski definition) is 8. The van der Waals surface area contributed by atoms with Crippen molar-refractivity contribution >= 4 is 33.8 Å². The van der Waals surface area contributed by atoms with Crippen molar-refractivity contribution in [1.29, 1.82) is 0 Å². The maximum Gasteiger partial charge on any atom is 0.311 e. The molecule has 0 radical (unpaired) electrons. The molecule has 7 nitrogen and oxygen atoms in total. The molecule has 2 aromatic rings. The number of carbonyl (C=O) groups excluding carboxylic acids is 1. The summed E-state index contributed by atoms with van der Waals surface area (Å²) in [5.74, 6) is -0.337. The Morgan fingerprint density at radius 2 is 2.29 bits per heavy atom. The minimum atomic E-state index is -0.337. The summed E-state index contributed by atoms with van der Waals surface area (Å²) in [5, 5.41) is 25.0. The molecule has 0 bridgehead atoms. The monoisotopic (exact) mass is 308 g/mol. The Kier molecular flexibility index (Phi) is 5.09. The predicted octanol–water partition coefficient (Wildman–Crippen LogP) is 2.69. The molecule has 0 atom stereocenters. The fourth-order valence-electron chi connectivity index (χ4n) is 1.67. The molecule has 21 heavy (non-hydrogen) atoms. The minimum Gasteiger partial charge on any atom is -0.733 e. The number of aromatic nitrogens is 1. The van der Waals surface area contributed by atoms with Crippen LogP contribution in [0.2, 0.25) is 0 Å². The summed E-state index contributed by atoms with van der Waals surface area (Å²) in [4.78, 5) is 15.6. The molecular weight excluding hydrogens is 294 g/mol. The molecule has 2 rings (SSSR count). The van der Waals surface area contributed by atoms with Crippen LogP contribution in [0.1, 0.15) is 12.6 Å². The van der Waals surface area contributed by atoms with Gasteiger partial charge in [0.05, 0.1) is 30.1 Å². The fourth-order valence-corrected chi connectivity index (χ4v) is 2.39. The van der Waals surface area contributed by atoms with Crippen molar-refractivity contribution in [1.82, 2.24) is 4.98 Å². The number of nitrogens with zero attached hydrogens (tertiary/aromatic N) is 2. The van der Waals surface area contributed by atoms with Gasteiger partial charge in [-0.05, 0) is 19.1 Å². The van der Waals surface area contributed by atoms with Crippen LogP contribution in [0.5, 0.6) is 0 Å². The van der Waals surface area contributed by atoms with E-state index in [1.54, 1.807) is 30.5 Å². The highest BCUT2D eigenvalue weighted by Gasteiger charge is 2.10. The summed E-state index contributed by atoms with van der Waals surface area (Å²) in [6.07, 6.45) is 0.0986. The highest BCUT2D eigenvalue weighted by molar-refractivity contribution is 7.13. The quantitative estimate of drug-likeness (QED) is 0.625. The number of carbonyl (C=O) groups is 1. The largest absolute Gasteiger partial charge is 0.733 e. The van der Waals surface area contributed by atoms with Crippen molar-refractivity contribution in [2.75, 3.05) is 17.2 Å². The lowest BCUT2D eigenvalue weighted by Gasteiger charge is -2.24. The summed E-state index contributed by atoms with van der Waals surface area (Å²) in [5.41, 5.74) is 1.09. The third kappa shape index (κ3) is 4.15. The van der Waals surface area contributed by atoms with Crippen molar-refractivity contribution in [2.45, 2.75) is 13.3 Å². The number of rotatable bonds is 6. The molecular formula is C13H14N3O4S-. The number of anilines is 3. The van der Waals surface area contributed by atoms with E-state index in [2.05, 4.69) is 10.3 Å². The molecule has 2 N–H and O–H groups in total. The normalized spacial score (nSPS) is 10.2. The molecule has 0 saturated carbocycles. The average molecular weight is 308 g/mol. The Morgan fingerprint density at radius 1 is 1.52 bits per heavy atom. The number of nitrogens with one attached hydrogen (secondary N) is 1. The lowest BCUT2D eigenvalue weighted by molar-refractivity contribution is -0.142. The van der Waals surface area contributed by atoms with Gasteiger partial charge in [0.1, 0.15) is 0 Å². The SMILES string of the molecule is CCOC(=O)Cc1csc(Nc2ccccc2N([O-])O)n1. The van der Waals surface area contributed by atoms with Gasteiger partial charge in [-0.25, -0.2) is 4.98 Å². The van der Waals surface area contributed by atoms with Crippen molar-refractivity contribution in [3.63, 3.8) is 0 Å².